The Balaban J connectivity index is 3.57. The maximum absolute atomic E-state index is 11.1. The van der Waals surface area contributed by atoms with Crippen LogP contribution in [0.5, 0.6) is 0 Å². The number of hydrogen-bond acceptors (Lipinski definition) is 5. The summed E-state index contributed by atoms with van der Waals surface area (Å²) in [5, 5.41) is 10.6. The van der Waals surface area contributed by atoms with E-state index < -0.39 is 17.7 Å². The van der Waals surface area contributed by atoms with Gasteiger partial charge in [0.15, 0.2) is 0 Å². The number of nitrogens with zero attached hydrogens (tertiary/aromatic N) is 1. The van der Waals surface area contributed by atoms with Crippen LogP contribution in [0.4, 0.5) is 4.79 Å². The molecule has 0 aliphatic carbocycles. The predicted molar refractivity (Wildman–Crippen MR) is 55.4 cm³/mol. The van der Waals surface area contributed by atoms with Gasteiger partial charge in [0.2, 0.25) is 0 Å². The summed E-state index contributed by atoms with van der Waals surface area (Å²) < 4.78 is 9.58. The van der Waals surface area contributed by atoms with Crippen molar-refractivity contribution in [1.29, 1.82) is 5.26 Å². The van der Waals surface area contributed by atoms with Gasteiger partial charge in [-0.2, -0.15) is 5.26 Å². The van der Waals surface area contributed by atoms with Gasteiger partial charge in [-0.05, 0) is 20.8 Å². The fourth-order valence-corrected chi connectivity index (χ4v) is 0.748. The minimum atomic E-state index is -0.603. The van der Waals surface area contributed by atoms with Crippen LogP contribution in [0.2, 0.25) is 0 Å². The number of hydrogen-bond donors (Lipinski definition) is 1. The van der Waals surface area contributed by atoms with Crippen molar-refractivity contribution in [2.75, 3.05) is 13.2 Å². The summed E-state index contributed by atoms with van der Waals surface area (Å²) in [4.78, 5) is 21.8. The number of ether oxygens (including phenoxy) is 2. The number of rotatable bonds is 4. The Hall–Kier alpha value is -1.77. The van der Waals surface area contributed by atoms with E-state index in [1.54, 1.807) is 26.8 Å². The average Bonchev–Trinajstić information content (AvgIpc) is 2.10. The topological polar surface area (TPSA) is 88.4 Å². The highest BCUT2D eigenvalue weighted by Gasteiger charge is 2.15. The number of amides is 1. The standard InChI is InChI=1S/C10H16N2O4/c1-10(2,3)16-9(14)12-6-7-15-8(13)4-5-11/h4,6-7H2,1-3H3,(H,12,14). The van der Waals surface area contributed by atoms with Crippen LogP contribution < -0.4 is 5.32 Å². The molecule has 0 rings (SSSR count). The van der Waals surface area contributed by atoms with Gasteiger partial charge in [0.1, 0.15) is 18.6 Å². The molecule has 0 saturated heterocycles. The fraction of sp³-hybridized carbons (Fsp3) is 0.700. The highest BCUT2D eigenvalue weighted by atomic mass is 16.6. The van der Waals surface area contributed by atoms with Crippen LogP contribution in [0.1, 0.15) is 27.2 Å². The molecule has 0 aromatic rings. The molecule has 0 aliphatic rings. The first-order chi connectivity index (χ1) is 7.35. The smallest absolute Gasteiger partial charge is 0.407 e. The third-order valence-electron chi connectivity index (χ3n) is 1.26. The van der Waals surface area contributed by atoms with Gasteiger partial charge in [-0.3, -0.25) is 4.79 Å². The number of carbonyl (C=O) groups is 2. The molecule has 6 heteroatoms. The van der Waals surface area contributed by atoms with E-state index in [1.807, 2.05) is 0 Å². The molecule has 0 aromatic carbocycles. The van der Waals surface area contributed by atoms with Crippen molar-refractivity contribution in [3.8, 4) is 6.07 Å². The summed E-state index contributed by atoms with van der Waals surface area (Å²) in [5.41, 5.74) is -0.554. The summed E-state index contributed by atoms with van der Waals surface area (Å²) in [6.07, 6.45) is -0.851. The van der Waals surface area contributed by atoms with Crippen molar-refractivity contribution < 1.29 is 19.1 Å². The highest BCUT2D eigenvalue weighted by Crippen LogP contribution is 2.05. The molecule has 1 amide bonds. The van der Waals surface area contributed by atoms with Crippen molar-refractivity contribution in [1.82, 2.24) is 5.32 Å². The van der Waals surface area contributed by atoms with Crippen LogP contribution in [0, 0.1) is 11.3 Å². The Morgan fingerprint density at radius 2 is 2.00 bits per heavy atom. The van der Waals surface area contributed by atoms with Crippen molar-refractivity contribution in [3.05, 3.63) is 0 Å². The second-order valence-electron chi connectivity index (χ2n) is 3.98. The molecular weight excluding hydrogens is 212 g/mol. The van der Waals surface area contributed by atoms with E-state index >= 15 is 0 Å². The average molecular weight is 228 g/mol. The minimum absolute atomic E-state index is 0.0275. The van der Waals surface area contributed by atoms with Gasteiger partial charge in [-0.1, -0.05) is 0 Å². The van der Waals surface area contributed by atoms with Crippen LogP contribution >= 0.6 is 0 Å². The lowest BCUT2D eigenvalue weighted by Crippen LogP contribution is -2.34. The van der Waals surface area contributed by atoms with Gasteiger partial charge in [0.25, 0.3) is 0 Å². The van der Waals surface area contributed by atoms with Crippen molar-refractivity contribution in [3.63, 3.8) is 0 Å². The number of nitrogens with one attached hydrogen (secondary N) is 1. The molecule has 1 N–H and O–H groups in total. The Kier molecular flexibility index (Phi) is 5.93. The van der Waals surface area contributed by atoms with Crippen LogP contribution in [-0.4, -0.2) is 30.8 Å². The maximum Gasteiger partial charge on any atom is 0.407 e. The van der Waals surface area contributed by atoms with Gasteiger partial charge in [0.05, 0.1) is 12.6 Å². The first-order valence-electron chi connectivity index (χ1n) is 4.84. The first kappa shape index (κ1) is 14.2. The summed E-state index contributed by atoms with van der Waals surface area (Å²) in [6.45, 7) is 5.43. The Bertz CT molecular complexity index is 288. The largest absolute Gasteiger partial charge is 0.463 e. The summed E-state index contributed by atoms with van der Waals surface area (Å²) in [7, 11) is 0. The van der Waals surface area contributed by atoms with Gasteiger partial charge >= 0.3 is 12.1 Å². The van der Waals surface area contributed by atoms with Gasteiger partial charge in [-0.25, -0.2) is 4.79 Å². The van der Waals surface area contributed by atoms with Crippen molar-refractivity contribution in [2.45, 2.75) is 32.8 Å². The zero-order valence-corrected chi connectivity index (χ0v) is 9.70. The van der Waals surface area contributed by atoms with E-state index in [1.165, 1.54) is 0 Å². The summed E-state index contributed by atoms with van der Waals surface area (Å²) in [6, 6.07) is 1.66. The zero-order chi connectivity index (χ0) is 12.6. The predicted octanol–water partition coefficient (Wildman–Crippen LogP) is 0.968. The lowest BCUT2D eigenvalue weighted by Gasteiger charge is -2.19. The monoisotopic (exact) mass is 228 g/mol. The Morgan fingerprint density at radius 3 is 2.50 bits per heavy atom. The summed E-state index contributed by atoms with van der Waals surface area (Å²) in [5.74, 6) is -0.603. The van der Waals surface area contributed by atoms with E-state index in [0.29, 0.717) is 0 Å². The van der Waals surface area contributed by atoms with Gasteiger partial charge in [0, 0.05) is 0 Å². The zero-order valence-electron chi connectivity index (χ0n) is 9.70. The molecule has 16 heavy (non-hydrogen) atoms. The molecule has 0 spiro atoms. The second kappa shape index (κ2) is 6.67. The normalized spacial score (nSPS) is 10.1. The molecule has 0 aromatic heterocycles. The lowest BCUT2D eigenvalue weighted by molar-refractivity contribution is -0.142. The van der Waals surface area contributed by atoms with Crippen molar-refractivity contribution in [2.24, 2.45) is 0 Å². The quantitative estimate of drug-likeness (QED) is 0.572. The number of alkyl carbamates (subject to hydrolysis) is 1. The lowest BCUT2D eigenvalue weighted by atomic mass is 10.2. The molecule has 0 unspecified atom stereocenters. The van der Waals surface area contributed by atoms with Crippen LogP contribution in [-0.2, 0) is 14.3 Å². The van der Waals surface area contributed by atoms with Crippen molar-refractivity contribution >= 4 is 12.1 Å². The Labute approximate surface area is 94.5 Å². The summed E-state index contributed by atoms with van der Waals surface area (Å²) >= 11 is 0. The Morgan fingerprint density at radius 1 is 1.38 bits per heavy atom. The van der Waals surface area contributed by atoms with Gasteiger partial charge < -0.3 is 14.8 Å². The SMILES string of the molecule is CC(C)(C)OC(=O)NCCOC(=O)CC#N. The third kappa shape index (κ3) is 8.81. The maximum atomic E-state index is 11.1. The minimum Gasteiger partial charge on any atom is -0.463 e. The molecule has 0 radical (unpaired) electrons. The number of nitriles is 1. The molecule has 90 valence electrons. The molecule has 6 nitrogen and oxygen atoms in total. The fourth-order valence-electron chi connectivity index (χ4n) is 0.748. The molecule has 0 heterocycles. The second-order valence-corrected chi connectivity index (χ2v) is 3.98. The number of esters is 1. The van der Waals surface area contributed by atoms with E-state index in [2.05, 4.69) is 10.1 Å². The van der Waals surface area contributed by atoms with E-state index in [4.69, 9.17) is 10.00 Å². The molecule has 0 saturated carbocycles. The van der Waals surface area contributed by atoms with Crippen LogP contribution in [0.3, 0.4) is 0 Å². The van der Waals surface area contributed by atoms with Crippen LogP contribution in [0.15, 0.2) is 0 Å². The third-order valence-corrected chi connectivity index (χ3v) is 1.26. The molecule has 0 atom stereocenters. The highest BCUT2D eigenvalue weighted by molar-refractivity contribution is 5.71. The molecule has 0 bridgehead atoms. The van der Waals surface area contributed by atoms with Gasteiger partial charge in [-0.15, -0.1) is 0 Å². The van der Waals surface area contributed by atoms with E-state index in [-0.39, 0.29) is 19.6 Å². The van der Waals surface area contributed by atoms with E-state index in [0.717, 1.165) is 0 Å². The first-order valence-corrected chi connectivity index (χ1v) is 4.84. The molecule has 0 aliphatic heterocycles. The van der Waals surface area contributed by atoms with Crippen LogP contribution in [0.25, 0.3) is 0 Å². The molecule has 0 fully saturated rings. The number of carbonyl (C=O) groups excluding carboxylic acids is 2. The van der Waals surface area contributed by atoms with E-state index in [9.17, 15) is 9.59 Å². The molecular formula is C10H16N2O4.